The van der Waals surface area contributed by atoms with Crippen LogP contribution in [-0.2, 0) is 17.9 Å². The van der Waals surface area contributed by atoms with Crippen LogP contribution in [-0.4, -0.2) is 29.4 Å². The molecule has 0 bridgehead atoms. The molecule has 0 fully saturated rings. The van der Waals surface area contributed by atoms with E-state index in [0.717, 1.165) is 36.9 Å². The summed E-state index contributed by atoms with van der Waals surface area (Å²) in [6.07, 6.45) is 7.25. The van der Waals surface area contributed by atoms with Crippen molar-refractivity contribution in [3.05, 3.63) is 59.7 Å². The monoisotopic (exact) mass is 436 g/mol. The molecule has 2 N–H and O–H groups in total. The number of nitrogens with zero attached hydrogens (tertiary/aromatic N) is 3. The van der Waals surface area contributed by atoms with Crippen molar-refractivity contribution >= 4 is 18.8 Å². The zero-order valence-corrected chi connectivity index (χ0v) is 20.3. The molecule has 1 aliphatic carbocycles. The zero-order valence-electron chi connectivity index (χ0n) is 19.3. The second kappa shape index (κ2) is 9.23. The lowest BCUT2D eigenvalue weighted by atomic mass is 9.78. The highest BCUT2D eigenvalue weighted by Crippen LogP contribution is 2.37. The highest BCUT2D eigenvalue weighted by atomic mass is 28.3. The number of pyridine rings is 1. The zero-order chi connectivity index (χ0) is 22.0. The predicted molar refractivity (Wildman–Crippen MR) is 130 cm³/mol. The smallest absolute Gasteiger partial charge is 0.139 e. The number of benzene rings is 1. The summed E-state index contributed by atoms with van der Waals surface area (Å²) in [5, 5.41) is 7.20. The number of aromatic nitrogens is 3. The average Bonchev–Trinajstić information content (AvgIpc) is 3.13. The first-order chi connectivity index (χ1) is 14.8. The van der Waals surface area contributed by atoms with Gasteiger partial charge in [-0.3, -0.25) is 4.98 Å². The SMILES string of the molecule is CC1CC(CC(N)c2cc3ccccc3cn2)Cc2cn(COCC[Si](C)(C)C)nc21. The molecule has 0 spiro atoms. The number of ether oxygens (including phenoxy) is 1. The van der Waals surface area contributed by atoms with Gasteiger partial charge in [-0.1, -0.05) is 50.8 Å². The van der Waals surface area contributed by atoms with Gasteiger partial charge in [-0.2, -0.15) is 5.10 Å². The van der Waals surface area contributed by atoms with Gasteiger partial charge in [0, 0.05) is 44.4 Å². The number of rotatable bonds is 8. The molecule has 0 aliphatic heterocycles. The van der Waals surface area contributed by atoms with E-state index in [-0.39, 0.29) is 6.04 Å². The molecule has 2 heterocycles. The Morgan fingerprint density at radius 2 is 2.00 bits per heavy atom. The van der Waals surface area contributed by atoms with Crippen molar-refractivity contribution in [2.24, 2.45) is 11.7 Å². The summed E-state index contributed by atoms with van der Waals surface area (Å²) in [6.45, 7) is 10.8. The first-order valence-corrected chi connectivity index (χ1v) is 15.2. The van der Waals surface area contributed by atoms with Crippen LogP contribution in [0.25, 0.3) is 10.8 Å². The minimum Gasteiger partial charge on any atom is -0.360 e. The summed E-state index contributed by atoms with van der Waals surface area (Å²) in [5.41, 5.74) is 10.2. The van der Waals surface area contributed by atoms with Crippen LogP contribution >= 0.6 is 0 Å². The Morgan fingerprint density at radius 1 is 1.23 bits per heavy atom. The van der Waals surface area contributed by atoms with E-state index in [0.29, 0.717) is 18.6 Å². The fraction of sp³-hybridized carbons (Fsp3) is 0.520. The molecular weight excluding hydrogens is 400 g/mol. The normalized spacial score (nSPS) is 20.0. The van der Waals surface area contributed by atoms with E-state index in [1.165, 1.54) is 22.7 Å². The second-order valence-corrected chi connectivity index (χ2v) is 16.1. The van der Waals surface area contributed by atoms with E-state index < -0.39 is 8.07 Å². The molecule has 4 rings (SSSR count). The first kappa shape index (κ1) is 22.2. The molecule has 2 aromatic heterocycles. The van der Waals surface area contributed by atoms with Crippen molar-refractivity contribution in [2.45, 2.75) is 70.6 Å². The molecular formula is C25H36N4OSi. The van der Waals surface area contributed by atoms with Crippen LogP contribution in [0.3, 0.4) is 0 Å². The van der Waals surface area contributed by atoms with Gasteiger partial charge >= 0.3 is 0 Å². The highest BCUT2D eigenvalue weighted by molar-refractivity contribution is 6.76. The van der Waals surface area contributed by atoms with Crippen molar-refractivity contribution in [1.29, 1.82) is 0 Å². The van der Waals surface area contributed by atoms with Crippen molar-refractivity contribution in [2.75, 3.05) is 6.61 Å². The van der Waals surface area contributed by atoms with Crippen molar-refractivity contribution < 1.29 is 4.74 Å². The summed E-state index contributed by atoms with van der Waals surface area (Å²) >= 11 is 0. The van der Waals surface area contributed by atoms with Gasteiger partial charge in [-0.25, -0.2) is 4.68 Å². The van der Waals surface area contributed by atoms with Gasteiger partial charge in [0.25, 0.3) is 0 Å². The lowest BCUT2D eigenvalue weighted by Crippen LogP contribution is -2.22. The van der Waals surface area contributed by atoms with E-state index >= 15 is 0 Å². The van der Waals surface area contributed by atoms with Gasteiger partial charge in [0.15, 0.2) is 0 Å². The molecule has 3 aromatic rings. The van der Waals surface area contributed by atoms with E-state index in [1.807, 2.05) is 16.9 Å². The van der Waals surface area contributed by atoms with E-state index in [2.05, 4.69) is 62.0 Å². The Hall–Kier alpha value is -2.02. The maximum atomic E-state index is 6.60. The lowest BCUT2D eigenvalue weighted by Gasteiger charge is -2.28. The highest BCUT2D eigenvalue weighted by Gasteiger charge is 2.29. The van der Waals surface area contributed by atoms with Crippen LogP contribution in [0.15, 0.2) is 42.7 Å². The van der Waals surface area contributed by atoms with E-state index in [9.17, 15) is 0 Å². The molecule has 1 aromatic carbocycles. The van der Waals surface area contributed by atoms with E-state index in [4.69, 9.17) is 15.6 Å². The molecule has 0 radical (unpaired) electrons. The lowest BCUT2D eigenvalue weighted by molar-refractivity contribution is 0.0782. The molecule has 1 aliphatic rings. The number of hydrogen-bond donors (Lipinski definition) is 1. The standard InChI is InChI=1S/C25H36N4OSi/c1-18-11-19(13-23(26)24-14-20-7-5-6-8-21(20)15-27-24)12-22-16-29(28-25(18)22)17-30-9-10-31(2,3)4/h5-8,14-16,18-19,23H,9-13,17,26H2,1-4H3. The van der Waals surface area contributed by atoms with Crippen molar-refractivity contribution in [3.63, 3.8) is 0 Å². The topological polar surface area (TPSA) is 66.0 Å². The van der Waals surface area contributed by atoms with Gasteiger partial charge in [0.1, 0.15) is 6.73 Å². The minimum absolute atomic E-state index is 0.0386. The van der Waals surface area contributed by atoms with Crippen LogP contribution < -0.4 is 5.73 Å². The number of fused-ring (bicyclic) bond motifs is 2. The quantitative estimate of drug-likeness (QED) is 0.374. The predicted octanol–water partition coefficient (Wildman–Crippen LogP) is 5.50. The molecule has 3 atom stereocenters. The van der Waals surface area contributed by atoms with E-state index in [1.54, 1.807) is 0 Å². The fourth-order valence-electron chi connectivity index (χ4n) is 4.62. The van der Waals surface area contributed by atoms with Gasteiger partial charge in [0.05, 0.1) is 11.4 Å². The summed E-state index contributed by atoms with van der Waals surface area (Å²) < 4.78 is 7.88. The Bertz CT molecular complexity index is 1030. The van der Waals surface area contributed by atoms with Gasteiger partial charge in [0.2, 0.25) is 0 Å². The van der Waals surface area contributed by atoms with Crippen molar-refractivity contribution in [1.82, 2.24) is 14.8 Å². The summed E-state index contributed by atoms with van der Waals surface area (Å²) in [4.78, 5) is 4.64. The van der Waals surface area contributed by atoms with Crippen molar-refractivity contribution in [3.8, 4) is 0 Å². The molecule has 3 unspecified atom stereocenters. The minimum atomic E-state index is -1.06. The molecule has 6 heteroatoms. The third-order valence-electron chi connectivity index (χ3n) is 6.37. The summed E-state index contributed by atoms with van der Waals surface area (Å²) in [5.74, 6) is 1.00. The van der Waals surface area contributed by atoms with Gasteiger partial charge in [-0.05, 0) is 48.2 Å². The fourth-order valence-corrected chi connectivity index (χ4v) is 5.38. The largest absolute Gasteiger partial charge is 0.360 e. The molecule has 0 amide bonds. The average molecular weight is 437 g/mol. The number of hydrogen-bond acceptors (Lipinski definition) is 4. The molecule has 5 nitrogen and oxygen atoms in total. The second-order valence-electron chi connectivity index (χ2n) is 10.4. The van der Waals surface area contributed by atoms with Crippen LogP contribution in [0.5, 0.6) is 0 Å². The molecule has 0 saturated carbocycles. The third-order valence-corrected chi connectivity index (χ3v) is 8.08. The Labute approximate surface area is 187 Å². The molecule has 0 saturated heterocycles. The Morgan fingerprint density at radius 3 is 2.77 bits per heavy atom. The molecule has 166 valence electrons. The van der Waals surface area contributed by atoms with Gasteiger partial charge in [-0.15, -0.1) is 0 Å². The van der Waals surface area contributed by atoms with Crippen LogP contribution in [0.4, 0.5) is 0 Å². The maximum absolute atomic E-state index is 6.60. The number of nitrogens with two attached hydrogens (primary N) is 1. The third kappa shape index (κ3) is 5.62. The summed E-state index contributed by atoms with van der Waals surface area (Å²) in [6, 6.07) is 11.6. The summed E-state index contributed by atoms with van der Waals surface area (Å²) in [7, 11) is -1.06. The Kier molecular flexibility index (Phi) is 6.60. The van der Waals surface area contributed by atoms with Gasteiger partial charge < -0.3 is 10.5 Å². The molecule has 31 heavy (non-hydrogen) atoms. The van der Waals surface area contributed by atoms with Crippen LogP contribution in [0.1, 0.15) is 48.7 Å². The van der Waals surface area contributed by atoms with Crippen LogP contribution in [0, 0.1) is 5.92 Å². The maximum Gasteiger partial charge on any atom is 0.139 e. The Balaban J connectivity index is 1.37. The first-order valence-electron chi connectivity index (χ1n) is 11.5. The van der Waals surface area contributed by atoms with Crippen LogP contribution in [0.2, 0.25) is 25.7 Å².